The fraction of sp³-hybridized carbons (Fsp3) is 0.571. The van der Waals surface area contributed by atoms with E-state index in [1.807, 2.05) is 0 Å². The van der Waals surface area contributed by atoms with E-state index in [4.69, 9.17) is 0 Å². The van der Waals surface area contributed by atoms with Crippen LogP contribution in [-0.4, -0.2) is 29.1 Å². The highest BCUT2D eigenvalue weighted by molar-refractivity contribution is 5.79. The zero-order valence-electron chi connectivity index (χ0n) is 6.99. The summed E-state index contributed by atoms with van der Waals surface area (Å²) >= 11 is 0. The molecule has 0 bridgehead atoms. The predicted molar refractivity (Wildman–Crippen MR) is 42.5 cm³/mol. The van der Waals surface area contributed by atoms with Gasteiger partial charge in [-0.15, -0.1) is 0 Å². The summed E-state index contributed by atoms with van der Waals surface area (Å²) in [7, 11) is 0. The van der Waals surface area contributed by atoms with Crippen LogP contribution >= 0.6 is 0 Å². The van der Waals surface area contributed by atoms with Gasteiger partial charge in [0.2, 0.25) is 12.3 Å². The maximum absolute atomic E-state index is 11.3. The first kappa shape index (κ1) is 8.18. The molecule has 0 unspecified atom stereocenters. The molecule has 1 amide bonds. The lowest BCUT2D eigenvalue weighted by atomic mass is 10.0. The van der Waals surface area contributed by atoms with Crippen molar-refractivity contribution in [1.29, 1.82) is 0 Å². The number of nitrogens with one attached hydrogen (secondary N) is 2. The summed E-state index contributed by atoms with van der Waals surface area (Å²) in [6.45, 7) is 1.86. The van der Waals surface area contributed by atoms with Gasteiger partial charge in [0.1, 0.15) is 0 Å². The van der Waals surface area contributed by atoms with Crippen molar-refractivity contribution in [2.24, 2.45) is 5.92 Å². The van der Waals surface area contributed by atoms with Crippen LogP contribution in [0.2, 0.25) is 0 Å². The number of hydrogen-bond acceptors (Lipinski definition) is 5. The first-order valence-corrected chi connectivity index (χ1v) is 4.10. The lowest BCUT2D eigenvalue weighted by molar-refractivity contribution is -0.126. The van der Waals surface area contributed by atoms with E-state index >= 15 is 0 Å². The molecule has 1 saturated heterocycles. The zero-order valence-corrected chi connectivity index (χ0v) is 6.99. The second-order valence-electron chi connectivity index (χ2n) is 2.92. The van der Waals surface area contributed by atoms with E-state index < -0.39 is 0 Å². The highest BCUT2D eigenvalue weighted by atomic mass is 16.5. The largest absolute Gasteiger partial charge is 0.348 e. The van der Waals surface area contributed by atoms with Crippen LogP contribution in [0.1, 0.15) is 5.82 Å². The van der Waals surface area contributed by atoms with Crippen LogP contribution in [0.15, 0.2) is 10.9 Å². The fourth-order valence-corrected chi connectivity index (χ4v) is 1.05. The molecule has 0 aliphatic carbocycles. The third kappa shape index (κ3) is 1.83. The average molecular weight is 182 g/mol. The summed E-state index contributed by atoms with van der Waals surface area (Å²) in [5.74, 6) is 0.649. The van der Waals surface area contributed by atoms with E-state index in [9.17, 15) is 4.79 Å². The van der Waals surface area contributed by atoms with Gasteiger partial charge < -0.3 is 15.2 Å². The Morgan fingerprint density at radius 3 is 3.15 bits per heavy atom. The van der Waals surface area contributed by atoms with E-state index in [1.165, 1.54) is 6.39 Å². The molecule has 0 spiro atoms. The molecular formula is C7H10N4O2. The Kier molecular flexibility index (Phi) is 2.22. The molecule has 1 aromatic rings. The first-order chi connectivity index (χ1) is 6.36. The number of aromatic nitrogens is 2. The molecule has 2 rings (SSSR count). The van der Waals surface area contributed by atoms with E-state index in [0.29, 0.717) is 12.4 Å². The SMILES string of the molecule is O=C(NCc1ncon1)C1CNC1. The summed E-state index contributed by atoms with van der Waals surface area (Å²) in [6.07, 6.45) is 1.24. The number of hydrogen-bond donors (Lipinski definition) is 2. The van der Waals surface area contributed by atoms with Crippen LogP contribution in [-0.2, 0) is 11.3 Å². The van der Waals surface area contributed by atoms with Crippen LogP contribution < -0.4 is 10.6 Å². The number of rotatable bonds is 3. The summed E-state index contributed by atoms with van der Waals surface area (Å²) < 4.78 is 4.52. The highest BCUT2D eigenvalue weighted by Crippen LogP contribution is 2.02. The topological polar surface area (TPSA) is 80.1 Å². The number of carbonyl (C=O) groups is 1. The Bertz CT molecular complexity index is 281. The lowest BCUT2D eigenvalue weighted by Crippen LogP contribution is -2.50. The van der Waals surface area contributed by atoms with E-state index in [-0.39, 0.29) is 11.8 Å². The van der Waals surface area contributed by atoms with Gasteiger partial charge in [0.15, 0.2) is 5.82 Å². The summed E-state index contributed by atoms with van der Waals surface area (Å²) in [5.41, 5.74) is 0. The minimum absolute atomic E-state index is 0.0450. The van der Waals surface area contributed by atoms with Crippen LogP contribution in [0.3, 0.4) is 0 Å². The zero-order chi connectivity index (χ0) is 9.10. The third-order valence-corrected chi connectivity index (χ3v) is 1.98. The second-order valence-corrected chi connectivity index (χ2v) is 2.92. The number of carbonyl (C=O) groups excluding carboxylic acids is 1. The maximum atomic E-state index is 11.3. The Morgan fingerprint density at radius 1 is 1.77 bits per heavy atom. The van der Waals surface area contributed by atoms with Crippen molar-refractivity contribution in [1.82, 2.24) is 20.8 Å². The van der Waals surface area contributed by atoms with E-state index in [1.54, 1.807) is 0 Å². The molecule has 1 aliphatic rings. The van der Waals surface area contributed by atoms with Crippen LogP contribution in [0.25, 0.3) is 0 Å². The van der Waals surface area contributed by atoms with Gasteiger partial charge in [-0.3, -0.25) is 4.79 Å². The number of nitrogens with zero attached hydrogens (tertiary/aromatic N) is 2. The van der Waals surface area contributed by atoms with Gasteiger partial charge in [-0.2, -0.15) is 4.98 Å². The van der Waals surface area contributed by atoms with Crippen molar-refractivity contribution < 1.29 is 9.32 Å². The van der Waals surface area contributed by atoms with Crippen molar-refractivity contribution in [3.8, 4) is 0 Å². The van der Waals surface area contributed by atoms with Gasteiger partial charge in [-0.1, -0.05) is 5.16 Å². The quantitative estimate of drug-likeness (QED) is 0.620. The van der Waals surface area contributed by atoms with Crippen molar-refractivity contribution in [3.63, 3.8) is 0 Å². The molecular weight excluding hydrogens is 172 g/mol. The van der Waals surface area contributed by atoms with Crippen molar-refractivity contribution >= 4 is 5.91 Å². The second kappa shape index (κ2) is 3.53. The maximum Gasteiger partial charge on any atom is 0.226 e. The normalized spacial score (nSPS) is 16.6. The molecule has 0 atom stereocenters. The third-order valence-electron chi connectivity index (χ3n) is 1.98. The van der Waals surface area contributed by atoms with Gasteiger partial charge in [-0.25, -0.2) is 0 Å². The van der Waals surface area contributed by atoms with Crippen LogP contribution in [0, 0.1) is 5.92 Å². The molecule has 6 nitrogen and oxygen atoms in total. The Labute approximate surface area is 74.7 Å². The summed E-state index contributed by atoms with van der Waals surface area (Å²) in [6, 6.07) is 0. The van der Waals surface area contributed by atoms with Crippen LogP contribution in [0.5, 0.6) is 0 Å². The smallest absolute Gasteiger partial charge is 0.226 e. The molecule has 1 aliphatic heterocycles. The molecule has 6 heteroatoms. The van der Waals surface area contributed by atoms with Crippen molar-refractivity contribution in [3.05, 3.63) is 12.2 Å². The Hall–Kier alpha value is -1.43. The van der Waals surface area contributed by atoms with Gasteiger partial charge in [0.05, 0.1) is 12.5 Å². The summed E-state index contributed by atoms with van der Waals surface area (Å²) in [5, 5.41) is 9.32. The monoisotopic (exact) mass is 182 g/mol. The Morgan fingerprint density at radius 2 is 2.62 bits per heavy atom. The summed E-state index contributed by atoms with van der Waals surface area (Å²) in [4.78, 5) is 15.1. The van der Waals surface area contributed by atoms with Gasteiger partial charge in [0.25, 0.3) is 0 Å². The molecule has 13 heavy (non-hydrogen) atoms. The van der Waals surface area contributed by atoms with E-state index in [0.717, 1.165) is 13.1 Å². The molecule has 1 aromatic heterocycles. The molecule has 2 N–H and O–H groups in total. The van der Waals surface area contributed by atoms with Crippen molar-refractivity contribution in [2.45, 2.75) is 6.54 Å². The minimum atomic E-state index is 0.0450. The van der Waals surface area contributed by atoms with Gasteiger partial charge in [0, 0.05) is 13.1 Å². The molecule has 1 fully saturated rings. The standard InChI is InChI=1S/C7H10N4O2/c12-7(5-1-8-2-5)9-3-6-10-4-13-11-6/h4-5,8H,1-3H2,(H,9,12). The van der Waals surface area contributed by atoms with Crippen molar-refractivity contribution in [2.75, 3.05) is 13.1 Å². The molecule has 70 valence electrons. The molecule has 0 radical (unpaired) electrons. The number of amides is 1. The van der Waals surface area contributed by atoms with E-state index in [2.05, 4.69) is 25.3 Å². The molecule has 0 saturated carbocycles. The molecule has 2 heterocycles. The average Bonchev–Trinajstić information content (AvgIpc) is 2.49. The predicted octanol–water partition coefficient (Wildman–Crippen LogP) is -1.09. The highest BCUT2D eigenvalue weighted by Gasteiger charge is 2.24. The van der Waals surface area contributed by atoms with Crippen LogP contribution in [0.4, 0.5) is 0 Å². The lowest BCUT2D eigenvalue weighted by Gasteiger charge is -2.25. The minimum Gasteiger partial charge on any atom is -0.348 e. The fourth-order valence-electron chi connectivity index (χ4n) is 1.05. The first-order valence-electron chi connectivity index (χ1n) is 4.10. The van der Waals surface area contributed by atoms with Gasteiger partial charge in [-0.05, 0) is 0 Å². The Balaban J connectivity index is 1.76. The van der Waals surface area contributed by atoms with Gasteiger partial charge >= 0.3 is 0 Å². The molecule has 0 aromatic carbocycles.